The zero-order valence-electron chi connectivity index (χ0n) is 21.7. The lowest BCUT2D eigenvalue weighted by Crippen LogP contribution is -2.52. The third-order valence-corrected chi connectivity index (χ3v) is 7.15. The lowest BCUT2D eigenvalue weighted by atomic mass is 9.98. The van der Waals surface area contributed by atoms with Crippen molar-refractivity contribution in [3.05, 3.63) is 78.1 Å². The van der Waals surface area contributed by atoms with Gasteiger partial charge in [-0.1, -0.05) is 36.4 Å². The Kier molecular flexibility index (Phi) is 8.34. The van der Waals surface area contributed by atoms with E-state index in [1.54, 1.807) is 32.2 Å². The number of para-hydroxylation sites is 1. The SMILES string of the molecule is CN[C@@H](C)C(=O)N[C@H]1CCc2ccccc2N(Cc2c(OC)ccc3cc(-c4cn[nH]c4)ccc23)C1=O.Cl. The lowest BCUT2D eigenvalue weighted by Gasteiger charge is -2.28. The summed E-state index contributed by atoms with van der Waals surface area (Å²) in [6.07, 6.45) is 4.89. The van der Waals surface area contributed by atoms with Crippen LogP contribution in [0, 0.1) is 0 Å². The van der Waals surface area contributed by atoms with E-state index >= 15 is 0 Å². The number of likely N-dealkylation sites (N-methyl/N-ethyl adjacent to an activating group) is 1. The molecule has 5 rings (SSSR count). The summed E-state index contributed by atoms with van der Waals surface area (Å²) in [6.45, 7) is 2.09. The molecule has 1 aromatic heterocycles. The van der Waals surface area contributed by atoms with Crippen molar-refractivity contribution in [3.63, 3.8) is 0 Å². The summed E-state index contributed by atoms with van der Waals surface area (Å²) in [5.74, 6) is 0.388. The van der Waals surface area contributed by atoms with Gasteiger partial charge in [-0.05, 0) is 66.9 Å². The molecule has 1 aliphatic heterocycles. The molecule has 8 nitrogen and oxygen atoms in total. The van der Waals surface area contributed by atoms with Crippen LogP contribution in [0.3, 0.4) is 0 Å². The number of fused-ring (bicyclic) bond motifs is 2. The number of halogens is 1. The summed E-state index contributed by atoms with van der Waals surface area (Å²) in [4.78, 5) is 28.4. The Labute approximate surface area is 228 Å². The van der Waals surface area contributed by atoms with Gasteiger partial charge in [0.15, 0.2) is 0 Å². The average molecular weight is 534 g/mol. The second-order valence-corrected chi connectivity index (χ2v) is 9.33. The molecule has 2 heterocycles. The lowest BCUT2D eigenvalue weighted by molar-refractivity contribution is -0.128. The third kappa shape index (κ3) is 5.23. The Bertz CT molecular complexity index is 1440. The number of nitrogens with zero attached hydrogens (tertiary/aromatic N) is 2. The van der Waals surface area contributed by atoms with Gasteiger partial charge in [-0.15, -0.1) is 12.4 Å². The number of nitrogens with one attached hydrogen (secondary N) is 3. The second-order valence-electron chi connectivity index (χ2n) is 9.33. The summed E-state index contributed by atoms with van der Waals surface area (Å²) in [7, 11) is 3.37. The largest absolute Gasteiger partial charge is 0.496 e. The predicted molar refractivity (Wildman–Crippen MR) is 152 cm³/mol. The molecular weight excluding hydrogens is 502 g/mol. The first-order chi connectivity index (χ1) is 18.0. The number of aromatic nitrogens is 2. The Hall–Kier alpha value is -3.88. The van der Waals surface area contributed by atoms with Gasteiger partial charge >= 0.3 is 0 Å². The van der Waals surface area contributed by atoms with Gasteiger partial charge < -0.3 is 20.3 Å². The van der Waals surface area contributed by atoms with E-state index in [-0.39, 0.29) is 24.2 Å². The number of amides is 2. The maximum absolute atomic E-state index is 13.9. The van der Waals surface area contributed by atoms with E-state index in [1.165, 1.54) is 0 Å². The number of hydrogen-bond acceptors (Lipinski definition) is 5. The van der Waals surface area contributed by atoms with E-state index in [9.17, 15) is 9.59 Å². The first kappa shape index (κ1) is 27.2. The number of H-pyrrole nitrogens is 1. The van der Waals surface area contributed by atoms with Crippen molar-refractivity contribution in [2.45, 2.75) is 38.4 Å². The van der Waals surface area contributed by atoms with E-state index in [0.29, 0.717) is 25.1 Å². The Morgan fingerprint density at radius 2 is 2.00 bits per heavy atom. The molecule has 0 aliphatic carbocycles. The molecule has 0 bridgehead atoms. The van der Waals surface area contributed by atoms with Crippen molar-refractivity contribution >= 4 is 40.7 Å². The smallest absolute Gasteiger partial charge is 0.249 e. The zero-order chi connectivity index (χ0) is 25.9. The fourth-order valence-corrected chi connectivity index (χ4v) is 4.92. The van der Waals surface area contributed by atoms with E-state index in [1.807, 2.05) is 42.6 Å². The molecule has 0 saturated heterocycles. The van der Waals surface area contributed by atoms with Crippen molar-refractivity contribution in [1.82, 2.24) is 20.8 Å². The van der Waals surface area contributed by atoms with Crippen LogP contribution in [0.4, 0.5) is 5.69 Å². The van der Waals surface area contributed by atoms with Gasteiger partial charge in [0.1, 0.15) is 11.8 Å². The molecule has 0 radical (unpaired) electrons. The molecule has 198 valence electrons. The standard InChI is InChI=1S/C29H31N5O3.ClH/c1-18(30-2)28(35)33-25-12-9-19-6-4-5-7-26(19)34(29(25)36)17-24-23-11-8-20(22-15-31-32-16-22)14-21(23)10-13-27(24)37-3;/h4-8,10-11,13-16,18,25,30H,9,12,17H2,1-3H3,(H,31,32)(H,33,35);1H/t18-,25-;/m0./s1. The third-order valence-electron chi connectivity index (χ3n) is 7.15. The van der Waals surface area contributed by atoms with Crippen LogP contribution in [0.2, 0.25) is 0 Å². The highest BCUT2D eigenvalue weighted by molar-refractivity contribution is 6.02. The second kappa shape index (κ2) is 11.7. The van der Waals surface area contributed by atoms with Crippen LogP contribution in [0.15, 0.2) is 67.0 Å². The van der Waals surface area contributed by atoms with Crippen LogP contribution in [-0.4, -0.2) is 48.3 Å². The Morgan fingerprint density at radius 1 is 1.18 bits per heavy atom. The number of rotatable bonds is 7. The Morgan fingerprint density at radius 3 is 2.74 bits per heavy atom. The number of carbonyl (C=O) groups excluding carboxylic acids is 2. The number of methoxy groups -OCH3 is 1. The van der Waals surface area contributed by atoms with Crippen molar-refractivity contribution in [3.8, 4) is 16.9 Å². The number of carbonyl (C=O) groups is 2. The number of aryl methyl sites for hydroxylation is 1. The summed E-state index contributed by atoms with van der Waals surface area (Å²) in [5, 5.41) is 14.9. The maximum atomic E-state index is 13.9. The van der Waals surface area contributed by atoms with Gasteiger partial charge in [-0.2, -0.15) is 5.10 Å². The molecule has 2 atom stereocenters. The minimum atomic E-state index is -0.621. The van der Waals surface area contributed by atoms with Crippen molar-refractivity contribution < 1.29 is 14.3 Å². The molecule has 38 heavy (non-hydrogen) atoms. The number of aromatic amines is 1. The summed E-state index contributed by atoms with van der Waals surface area (Å²) >= 11 is 0. The van der Waals surface area contributed by atoms with Crippen molar-refractivity contribution in [2.75, 3.05) is 19.1 Å². The predicted octanol–water partition coefficient (Wildman–Crippen LogP) is 4.23. The summed E-state index contributed by atoms with van der Waals surface area (Å²) in [5.41, 5.74) is 4.91. The molecule has 3 N–H and O–H groups in total. The van der Waals surface area contributed by atoms with Crippen LogP contribution < -0.4 is 20.3 Å². The fourth-order valence-electron chi connectivity index (χ4n) is 4.92. The summed E-state index contributed by atoms with van der Waals surface area (Å²) in [6, 6.07) is 17.1. The monoisotopic (exact) mass is 533 g/mol. The molecule has 0 fully saturated rings. The van der Waals surface area contributed by atoms with E-state index < -0.39 is 12.1 Å². The first-order valence-corrected chi connectivity index (χ1v) is 12.5. The molecular formula is C29H32ClN5O3. The Balaban J connectivity index is 0.00000336. The normalized spacial score (nSPS) is 15.8. The molecule has 0 unspecified atom stereocenters. The highest BCUT2D eigenvalue weighted by atomic mass is 35.5. The van der Waals surface area contributed by atoms with Crippen LogP contribution in [0.25, 0.3) is 21.9 Å². The molecule has 3 aromatic carbocycles. The number of benzene rings is 3. The van der Waals surface area contributed by atoms with E-state index in [0.717, 1.165) is 38.7 Å². The van der Waals surface area contributed by atoms with Gasteiger partial charge in [0.2, 0.25) is 11.8 Å². The molecule has 1 aliphatic rings. The van der Waals surface area contributed by atoms with Crippen LogP contribution >= 0.6 is 12.4 Å². The van der Waals surface area contributed by atoms with Crippen molar-refractivity contribution in [1.29, 1.82) is 0 Å². The molecule has 0 spiro atoms. The molecule has 9 heteroatoms. The zero-order valence-corrected chi connectivity index (χ0v) is 22.5. The number of ether oxygens (including phenoxy) is 1. The van der Waals surface area contributed by atoms with Gasteiger partial charge in [0.05, 0.1) is 25.9 Å². The van der Waals surface area contributed by atoms with Crippen molar-refractivity contribution in [2.24, 2.45) is 0 Å². The quantitative estimate of drug-likeness (QED) is 0.330. The fraction of sp³-hybridized carbons (Fsp3) is 0.276. The minimum absolute atomic E-state index is 0. The molecule has 2 amide bonds. The van der Waals surface area contributed by atoms with Gasteiger partial charge in [-0.3, -0.25) is 14.7 Å². The van der Waals surface area contributed by atoms with E-state index in [4.69, 9.17) is 4.74 Å². The van der Waals surface area contributed by atoms with Gasteiger partial charge in [0, 0.05) is 23.0 Å². The highest BCUT2D eigenvalue weighted by Gasteiger charge is 2.33. The average Bonchev–Trinajstić information content (AvgIpc) is 3.44. The maximum Gasteiger partial charge on any atom is 0.249 e. The van der Waals surface area contributed by atoms with E-state index in [2.05, 4.69) is 39.0 Å². The highest BCUT2D eigenvalue weighted by Crippen LogP contribution is 2.35. The summed E-state index contributed by atoms with van der Waals surface area (Å²) < 4.78 is 5.76. The molecule has 4 aromatic rings. The number of anilines is 1. The topological polar surface area (TPSA) is 99.3 Å². The van der Waals surface area contributed by atoms with Crippen LogP contribution in [-0.2, 0) is 22.6 Å². The minimum Gasteiger partial charge on any atom is -0.496 e. The van der Waals surface area contributed by atoms with Crippen LogP contribution in [0.1, 0.15) is 24.5 Å². The first-order valence-electron chi connectivity index (χ1n) is 12.5. The van der Waals surface area contributed by atoms with Gasteiger partial charge in [0.25, 0.3) is 0 Å². The van der Waals surface area contributed by atoms with Gasteiger partial charge in [-0.25, -0.2) is 0 Å². The molecule has 0 saturated carbocycles. The van der Waals surface area contributed by atoms with Crippen LogP contribution in [0.5, 0.6) is 5.75 Å². The number of hydrogen-bond donors (Lipinski definition) is 3.